The topological polar surface area (TPSA) is 123 Å². The molecule has 48 heavy (non-hydrogen) atoms. The molecular weight excluding hydrogens is 653 g/mol. The predicted molar refractivity (Wildman–Crippen MR) is 184 cm³/mol. The van der Waals surface area contributed by atoms with Crippen molar-refractivity contribution in [3.63, 3.8) is 0 Å². The highest BCUT2D eigenvalue weighted by Gasteiger charge is 2.34. The van der Waals surface area contributed by atoms with E-state index in [1.54, 1.807) is 40.9 Å². The van der Waals surface area contributed by atoms with E-state index in [1.807, 2.05) is 43.3 Å². The van der Waals surface area contributed by atoms with Crippen molar-refractivity contribution in [2.45, 2.75) is 36.7 Å². The van der Waals surface area contributed by atoms with Gasteiger partial charge in [-0.25, -0.2) is 9.37 Å². The third kappa shape index (κ3) is 6.00. The van der Waals surface area contributed by atoms with Crippen LogP contribution >= 0.6 is 23.5 Å². The first kappa shape index (κ1) is 30.5. The van der Waals surface area contributed by atoms with Gasteiger partial charge in [0.1, 0.15) is 29.2 Å². The van der Waals surface area contributed by atoms with E-state index in [0.29, 0.717) is 63.9 Å². The van der Waals surface area contributed by atoms with Crippen LogP contribution in [0.1, 0.15) is 18.7 Å². The van der Waals surface area contributed by atoms with E-state index in [4.69, 9.17) is 21.3 Å². The molecular formula is C34H29ClFN9O2S. The zero-order valence-electron chi connectivity index (χ0n) is 25.7. The summed E-state index contributed by atoms with van der Waals surface area (Å²) in [4.78, 5) is 33.9. The number of benzene rings is 3. The van der Waals surface area contributed by atoms with Gasteiger partial charge in [0.25, 0.3) is 5.91 Å². The second kappa shape index (κ2) is 12.6. The number of pyridine rings is 1. The van der Waals surface area contributed by atoms with Gasteiger partial charge in [-0.05, 0) is 55.5 Å². The van der Waals surface area contributed by atoms with Gasteiger partial charge in [0.15, 0.2) is 12.4 Å². The van der Waals surface area contributed by atoms with E-state index in [0.717, 1.165) is 23.1 Å². The summed E-state index contributed by atoms with van der Waals surface area (Å²) in [6, 6.07) is 19.0. The number of carbonyl (C=O) groups is 1. The molecule has 1 amide bonds. The number of anilines is 2. The second-order valence-electron chi connectivity index (χ2n) is 11.8. The Labute approximate surface area is 284 Å². The molecule has 0 aliphatic carbocycles. The lowest BCUT2D eigenvalue weighted by atomic mass is 10.0. The number of carbonyl (C=O) groups excluding carboxylic acids is 1. The maximum Gasteiger partial charge on any atom is 0.319 e. The molecule has 2 unspecified atom stereocenters. The third-order valence-electron chi connectivity index (χ3n) is 8.52. The molecule has 2 saturated heterocycles. The average molecular weight is 682 g/mol. The number of aryl methyl sites for hydroxylation is 1. The van der Waals surface area contributed by atoms with Crippen molar-refractivity contribution in [1.29, 1.82) is 0 Å². The third-order valence-corrected chi connectivity index (χ3v) is 9.69. The van der Waals surface area contributed by atoms with Crippen LogP contribution in [0.5, 0.6) is 6.01 Å². The second-order valence-corrected chi connectivity index (χ2v) is 13.3. The molecule has 0 radical (unpaired) electrons. The summed E-state index contributed by atoms with van der Waals surface area (Å²) in [5.41, 5.74) is 1.33. The number of amides is 1. The summed E-state index contributed by atoms with van der Waals surface area (Å²) in [5, 5.41) is 13.3. The molecule has 2 atom stereocenters. The molecule has 6 aromatic rings. The number of aromatic nitrogens is 6. The molecule has 11 nitrogen and oxygen atoms in total. The summed E-state index contributed by atoms with van der Waals surface area (Å²) >= 11 is 7.99. The molecule has 2 aliphatic heterocycles. The van der Waals surface area contributed by atoms with Crippen LogP contribution < -0.4 is 20.3 Å². The van der Waals surface area contributed by atoms with Crippen LogP contribution in [0.15, 0.2) is 78.1 Å². The van der Waals surface area contributed by atoms with Gasteiger partial charge >= 0.3 is 6.01 Å². The highest BCUT2D eigenvalue weighted by atomic mass is 35.5. The molecule has 5 heterocycles. The van der Waals surface area contributed by atoms with Gasteiger partial charge in [-0.2, -0.15) is 14.1 Å². The fourth-order valence-corrected chi connectivity index (χ4v) is 7.39. The Kier molecular flexibility index (Phi) is 8.03. The van der Waals surface area contributed by atoms with E-state index in [2.05, 4.69) is 35.6 Å². The quantitative estimate of drug-likeness (QED) is 0.196. The van der Waals surface area contributed by atoms with Crippen LogP contribution in [0.4, 0.5) is 15.9 Å². The lowest BCUT2D eigenvalue weighted by molar-refractivity contribution is -0.118. The van der Waals surface area contributed by atoms with Gasteiger partial charge in [-0.15, -0.1) is 5.10 Å². The number of rotatable bonds is 8. The molecule has 2 bridgehead atoms. The van der Waals surface area contributed by atoms with Crippen molar-refractivity contribution >= 4 is 62.6 Å². The minimum Gasteiger partial charge on any atom is -0.453 e. The van der Waals surface area contributed by atoms with Crippen LogP contribution in [0.25, 0.3) is 32.9 Å². The Morgan fingerprint density at radius 2 is 1.83 bits per heavy atom. The van der Waals surface area contributed by atoms with Crippen LogP contribution in [-0.2, 0) is 4.79 Å². The normalized spacial score (nSPS) is 17.3. The Hall–Kier alpha value is -4.85. The maximum atomic E-state index is 16.6. The number of halogens is 2. The van der Waals surface area contributed by atoms with Gasteiger partial charge in [-0.3, -0.25) is 9.78 Å². The van der Waals surface area contributed by atoms with Gasteiger partial charge in [-0.1, -0.05) is 41.9 Å². The number of ether oxygens (including phenoxy) is 1. The number of nitrogens with one attached hydrogen (secondary N) is 2. The van der Waals surface area contributed by atoms with E-state index in [1.165, 1.54) is 11.9 Å². The largest absolute Gasteiger partial charge is 0.453 e. The summed E-state index contributed by atoms with van der Waals surface area (Å²) in [7, 11) is 0. The van der Waals surface area contributed by atoms with Crippen molar-refractivity contribution in [2.24, 2.45) is 0 Å². The molecule has 2 fully saturated rings. The molecule has 242 valence electrons. The zero-order chi connectivity index (χ0) is 32.8. The summed E-state index contributed by atoms with van der Waals surface area (Å²) < 4.78 is 24.1. The highest BCUT2D eigenvalue weighted by molar-refractivity contribution is 7.97. The summed E-state index contributed by atoms with van der Waals surface area (Å²) in [6.45, 7) is 2.86. The molecule has 3 aromatic heterocycles. The average Bonchev–Trinajstić information content (AvgIpc) is 3.66. The van der Waals surface area contributed by atoms with Gasteiger partial charge in [0.05, 0.1) is 5.39 Å². The Morgan fingerprint density at radius 3 is 2.58 bits per heavy atom. The maximum absolute atomic E-state index is 16.6. The number of fused-ring (bicyclic) bond motifs is 4. The van der Waals surface area contributed by atoms with Crippen molar-refractivity contribution in [3.8, 4) is 17.3 Å². The van der Waals surface area contributed by atoms with E-state index < -0.39 is 11.7 Å². The molecule has 2 aliphatic rings. The standard InChI is InChI=1S/C34H29ClFN9O2S/c1-19-38-18-45(43-19)48-24-12-10-21(11-13-24)40-28(46)17-47-34-41-32-26(33(42-34)44-15-22-8-9-23(16-44)39-22)14-37-31(30(32)36)25-6-2-4-20-5-3-7-27(35)29(20)25/h2-7,10-14,18,22-23,39H,8-9,15-17H2,1H3,(H,40,46). The van der Waals surface area contributed by atoms with Crippen molar-refractivity contribution in [3.05, 3.63) is 89.9 Å². The minimum atomic E-state index is -0.616. The molecule has 0 saturated carbocycles. The van der Waals surface area contributed by atoms with Crippen LogP contribution in [0.2, 0.25) is 5.02 Å². The number of nitrogens with zero attached hydrogens (tertiary/aromatic N) is 7. The summed E-state index contributed by atoms with van der Waals surface area (Å²) in [5.74, 6) is 0.186. The predicted octanol–water partition coefficient (Wildman–Crippen LogP) is 6.05. The first-order valence-corrected chi connectivity index (χ1v) is 16.7. The Morgan fingerprint density at radius 1 is 1.06 bits per heavy atom. The molecule has 14 heteroatoms. The molecule has 8 rings (SSSR count). The number of hydrogen-bond donors (Lipinski definition) is 2. The van der Waals surface area contributed by atoms with Crippen molar-refractivity contribution < 1.29 is 13.9 Å². The Balaban J connectivity index is 1.08. The van der Waals surface area contributed by atoms with E-state index in [-0.39, 0.29) is 23.8 Å². The van der Waals surface area contributed by atoms with Crippen LogP contribution in [0, 0.1) is 12.7 Å². The lowest BCUT2D eigenvalue weighted by Crippen LogP contribution is -2.51. The number of hydrogen-bond acceptors (Lipinski definition) is 10. The van der Waals surface area contributed by atoms with Crippen molar-refractivity contribution in [1.82, 2.24) is 34.4 Å². The van der Waals surface area contributed by atoms with Gasteiger partial charge in [0, 0.05) is 69.9 Å². The van der Waals surface area contributed by atoms with Gasteiger partial charge in [0.2, 0.25) is 0 Å². The fourth-order valence-electron chi connectivity index (χ4n) is 6.38. The highest BCUT2D eigenvalue weighted by Crippen LogP contribution is 2.38. The molecule has 0 spiro atoms. The van der Waals surface area contributed by atoms with Crippen molar-refractivity contribution in [2.75, 3.05) is 29.9 Å². The first-order chi connectivity index (χ1) is 23.4. The van der Waals surface area contributed by atoms with Crippen LogP contribution in [-0.4, -0.2) is 66.8 Å². The van der Waals surface area contributed by atoms with Gasteiger partial charge < -0.3 is 20.3 Å². The fraction of sp³-hybridized carbons (Fsp3) is 0.235. The van der Waals surface area contributed by atoms with Crippen LogP contribution in [0.3, 0.4) is 0 Å². The van der Waals surface area contributed by atoms with E-state index in [9.17, 15) is 4.79 Å². The molecule has 3 aromatic carbocycles. The number of piperazine rings is 1. The smallest absolute Gasteiger partial charge is 0.319 e. The summed E-state index contributed by atoms with van der Waals surface area (Å²) in [6.07, 6.45) is 5.38. The first-order valence-electron chi connectivity index (χ1n) is 15.5. The lowest BCUT2D eigenvalue weighted by Gasteiger charge is -2.34. The zero-order valence-corrected chi connectivity index (χ0v) is 27.3. The monoisotopic (exact) mass is 681 g/mol. The minimum absolute atomic E-state index is 0.0611. The Bertz CT molecular complexity index is 2160. The SMILES string of the molecule is Cc1ncn(Sc2ccc(NC(=O)COc3nc(N4CC5CCC(C4)N5)c4cnc(-c5cccc6cccc(Cl)c56)c(F)c4n3)cc2)n1. The molecule has 2 N–H and O–H groups in total. The van der Waals surface area contributed by atoms with E-state index >= 15 is 4.39 Å².